The van der Waals surface area contributed by atoms with Crippen molar-refractivity contribution in [1.29, 1.82) is 0 Å². The number of aromatic nitrogens is 1. The van der Waals surface area contributed by atoms with Gasteiger partial charge < -0.3 is 13.9 Å². The van der Waals surface area contributed by atoms with Crippen molar-refractivity contribution in [2.75, 3.05) is 6.54 Å². The quantitative estimate of drug-likeness (QED) is 0.810. The van der Waals surface area contributed by atoms with Crippen molar-refractivity contribution < 1.29 is 9.21 Å². The van der Waals surface area contributed by atoms with Crippen molar-refractivity contribution in [2.45, 2.75) is 25.3 Å². The Morgan fingerprint density at radius 3 is 2.95 bits per heavy atom. The Morgan fingerprint density at radius 2 is 2.24 bits per heavy atom. The molecule has 1 aliphatic heterocycles. The SMILES string of the molecule is Cn1cccc1C1CCCCN1C(=O)/C=C\c1ccco1. The summed E-state index contributed by atoms with van der Waals surface area (Å²) < 4.78 is 7.33. The average molecular weight is 284 g/mol. The molecule has 21 heavy (non-hydrogen) atoms. The largest absolute Gasteiger partial charge is 0.465 e. The summed E-state index contributed by atoms with van der Waals surface area (Å²) in [6.07, 6.45) is 10.3. The van der Waals surface area contributed by atoms with Crippen molar-refractivity contribution in [2.24, 2.45) is 7.05 Å². The minimum atomic E-state index is 0.0531. The monoisotopic (exact) mass is 284 g/mol. The Kier molecular flexibility index (Phi) is 3.95. The molecule has 0 saturated carbocycles. The Balaban J connectivity index is 1.78. The number of furan rings is 1. The highest BCUT2D eigenvalue weighted by molar-refractivity contribution is 5.91. The molecule has 1 fully saturated rings. The Hall–Kier alpha value is -2.23. The number of rotatable bonds is 3. The highest BCUT2D eigenvalue weighted by atomic mass is 16.3. The van der Waals surface area contributed by atoms with Gasteiger partial charge in [0.25, 0.3) is 0 Å². The molecule has 4 nitrogen and oxygen atoms in total. The van der Waals surface area contributed by atoms with Crippen LogP contribution in [-0.4, -0.2) is 21.9 Å². The van der Waals surface area contributed by atoms with Crippen LogP contribution in [0.3, 0.4) is 0 Å². The third-order valence-corrected chi connectivity index (χ3v) is 4.04. The molecule has 0 aliphatic carbocycles. The zero-order valence-electron chi connectivity index (χ0n) is 12.2. The molecular weight excluding hydrogens is 264 g/mol. The van der Waals surface area contributed by atoms with Crippen molar-refractivity contribution in [1.82, 2.24) is 9.47 Å². The smallest absolute Gasteiger partial charge is 0.247 e. The molecular formula is C17H20N2O2. The fraction of sp³-hybridized carbons (Fsp3) is 0.353. The van der Waals surface area contributed by atoms with Crippen LogP contribution in [0.5, 0.6) is 0 Å². The first kappa shape index (κ1) is 13.7. The van der Waals surface area contributed by atoms with E-state index in [4.69, 9.17) is 4.42 Å². The number of nitrogens with zero attached hydrogens (tertiary/aromatic N) is 2. The van der Waals surface area contributed by atoms with Crippen LogP contribution in [0.15, 0.2) is 47.2 Å². The number of carbonyl (C=O) groups excluding carboxylic acids is 1. The van der Waals surface area contributed by atoms with Gasteiger partial charge in [-0.3, -0.25) is 4.79 Å². The molecule has 0 spiro atoms. The van der Waals surface area contributed by atoms with E-state index >= 15 is 0 Å². The van der Waals surface area contributed by atoms with Gasteiger partial charge in [-0.15, -0.1) is 0 Å². The molecule has 1 amide bonds. The van der Waals surface area contributed by atoms with E-state index in [0.717, 1.165) is 19.4 Å². The van der Waals surface area contributed by atoms with E-state index in [1.54, 1.807) is 18.4 Å². The second kappa shape index (κ2) is 6.04. The van der Waals surface area contributed by atoms with Gasteiger partial charge in [-0.1, -0.05) is 0 Å². The second-order valence-corrected chi connectivity index (χ2v) is 5.44. The minimum absolute atomic E-state index is 0.0531. The van der Waals surface area contributed by atoms with Gasteiger partial charge in [0.1, 0.15) is 5.76 Å². The van der Waals surface area contributed by atoms with E-state index in [9.17, 15) is 4.79 Å². The summed E-state index contributed by atoms with van der Waals surface area (Å²) in [7, 11) is 2.03. The van der Waals surface area contributed by atoms with Gasteiger partial charge in [0.05, 0.1) is 12.3 Å². The molecule has 0 aromatic carbocycles. The molecule has 2 aromatic heterocycles. The fourth-order valence-corrected chi connectivity index (χ4v) is 2.96. The lowest BCUT2D eigenvalue weighted by Crippen LogP contribution is -2.38. The number of carbonyl (C=O) groups is 1. The number of piperidine rings is 1. The van der Waals surface area contributed by atoms with Gasteiger partial charge in [-0.25, -0.2) is 0 Å². The van der Waals surface area contributed by atoms with Crippen molar-refractivity contribution in [3.63, 3.8) is 0 Å². The first-order valence-corrected chi connectivity index (χ1v) is 7.39. The number of aryl methyl sites for hydroxylation is 1. The Bertz CT molecular complexity index is 625. The van der Waals surface area contributed by atoms with Gasteiger partial charge in [0.15, 0.2) is 0 Å². The molecule has 3 heterocycles. The predicted octanol–water partition coefficient (Wildman–Crippen LogP) is 3.39. The fourth-order valence-electron chi connectivity index (χ4n) is 2.96. The van der Waals surface area contributed by atoms with E-state index in [-0.39, 0.29) is 11.9 Å². The highest BCUT2D eigenvalue weighted by Gasteiger charge is 2.28. The standard InChI is InChI=1S/C17H20N2O2/c1-18-11-4-8-15(18)16-7-2-3-12-19(16)17(20)10-9-14-6-5-13-21-14/h4-6,8-11,13,16H,2-3,7,12H2,1H3/b10-9-. The molecule has 0 radical (unpaired) electrons. The maximum absolute atomic E-state index is 12.5. The van der Waals surface area contributed by atoms with Crippen molar-refractivity contribution in [3.8, 4) is 0 Å². The van der Waals surface area contributed by atoms with E-state index in [2.05, 4.69) is 10.6 Å². The maximum Gasteiger partial charge on any atom is 0.247 e. The van der Waals surface area contributed by atoms with Crippen LogP contribution in [0, 0.1) is 0 Å². The highest BCUT2D eigenvalue weighted by Crippen LogP contribution is 2.31. The molecule has 2 aromatic rings. The van der Waals surface area contributed by atoms with Gasteiger partial charge in [0.2, 0.25) is 5.91 Å². The van der Waals surface area contributed by atoms with E-state index < -0.39 is 0 Å². The van der Waals surface area contributed by atoms with E-state index in [0.29, 0.717) is 5.76 Å². The molecule has 1 aliphatic rings. The summed E-state index contributed by atoms with van der Waals surface area (Å²) in [4.78, 5) is 14.5. The van der Waals surface area contributed by atoms with Gasteiger partial charge in [-0.2, -0.15) is 0 Å². The second-order valence-electron chi connectivity index (χ2n) is 5.44. The summed E-state index contributed by atoms with van der Waals surface area (Å²) in [6, 6.07) is 7.97. The summed E-state index contributed by atoms with van der Waals surface area (Å²) in [5.41, 5.74) is 1.20. The van der Waals surface area contributed by atoms with Crippen LogP contribution in [0.4, 0.5) is 0 Å². The number of hydrogen-bond acceptors (Lipinski definition) is 2. The molecule has 0 N–H and O–H groups in total. The minimum Gasteiger partial charge on any atom is -0.465 e. The van der Waals surface area contributed by atoms with Crippen LogP contribution < -0.4 is 0 Å². The van der Waals surface area contributed by atoms with Crippen molar-refractivity contribution >= 4 is 12.0 Å². The van der Waals surface area contributed by atoms with E-state index in [1.807, 2.05) is 36.3 Å². The molecule has 1 atom stereocenters. The van der Waals surface area contributed by atoms with E-state index in [1.165, 1.54) is 12.1 Å². The van der Waals surface area contributed by atoms with Crippen LogP contribution in [-0.2, 0) is 11.8 Å². The topological polar surface area (TPSA) is 38.4 Å². The summed E-state index contributed by atoms with van der Waals surface area (Å²) in [5.74, 6) is 0.757. The van der Waals surface area contributed by atoms with Gasteiger partial charge >= 0.3 is 0 Å². The van der Waals surface area contributed by atoms with Crippen molar-refractivity contribution in [3.05, 3.63) is 54.3 Å². The maximum atomic E-state index is 12.5. The van der Waals surface area contributed by atoms with Gasteiger partial charge in [-0.05, 0) is 49.6 Å². The average Bonchev–Trinajstić information content (AvgIpc) is 3.16. The first-order chi connectivity index (χ1) is 10.3. The molecule has 1 unspecified atom stereocenters. The molecule has 1 saturated heterocycles. The number of hydrogen-bond donors (Lipinski definition) is 0. The van der Waals surface area contributed by atoms with Crippen LogP contribution >= 0.6 is 0 Å². The zero-order valence-corrected chi connectivity index (χ0v) is 12.2. The number of likely N-dealkylation sites (tertiary alicyclic amines) is 1. The Morgan fingerprint density at radius 1 is 1.33 bits per heavy atom. The lowest BCUT2D eigenvalue weighted by atomic mass is 9.99. The number of amides is 1. The summed E-state index contributed by atoms with van der Waals surface area (Å²) in [5, 5.41) is 0. The predicted molar refractivity (Wildman–Crippen MR) is 81.5 cm³/mol. The van der Waals surface area contributed by atoms with Gasteiger partial charge in [0, 0.05) is 31.6 Å². The van der Waals surface area contributed by atoms with Crippen LogP contribution in [0.1, 0.15) is 36.8 Å². The Labute approximate surface area is 124 Å². The third kappa shape index (κ3) is 2.94. The summed E-state index contributed by atoms with van der Waals surface area (Å²) in [6.45, 7) is 0.817. The first-order valence-electron chi connectivity index (χ1n) is 7.39. The van der Waals surface area contributed by atoms with Crippen LogP contribution in [0.25, 0.3) is 6.08 Å². The lowest BCUT2D eigenvalue weighted by molar-refractivity contribution is -0.129. The third-order valence-electron chi connectivity index (χ3n) is 4.04. The summed E-state index contributed by atoms with van der Waals surface area (Å²) >= 11 is 0. The molecule has 3 rings (SSSR count). The molecule has 0 bridgehead atoms. The van der Waals surface area contributed by atoms with Crippen LogP contribution in [0.2, 0.25) is 0 Å². The lowest BCUT2D eigenvalue weighted by Gasteiger charge is -2.35. The molecule has 110 valence electrons. The molecule has 4 heteroatoms. The zero-order chi connectivity index (χ0) is 14.7. The normalized spacial score (nSPS) is 19.3.